The second kappa shape index (κ2) is 6.50. The molecule has 0 saturated heterocycles. The number of nitrogens with zero attached hydrogens (tertiary/aromatic N) is 1. The van der Waals surface area contributed by atoms with E-state index in [2.05, 4.69) is 4.98 Å². The maximum atomic E-state index is 13.6. The standard InChI is InChI=1S/C18H17F5N2O/c1-17(8-19)9-26-16-12(17)6-14(13(7-24)18(21,22)23)25-15(16)10-2-4-11(20)5-3-10/h2-6,13H,7-9,24H2,1H3. The molecule has 0 aliphatic carbocycles. The lowest BCUT2D eigenvalue weighted by Crippen LogP contribution is -2.30. The van der Waals surface area contributed by atoms with Gasteiger partial charge in [0.05, 0.1) is 11.1 Å². The van der Waals surface area contributed by atoms with E-state index in [9.17, 15) is 22.0 Å². The molecule has 1 aromatic heterocycles. The van der Waals surface area contributed by atoms with E-state index >= 15 is 0 Å². The van der Waals surface area contributed by atoms with E-state index in [0.717, 1.165) is 0 Å². The summed E-state index contributed by atoms with van der Waals surface area (Å²) in [5.41, 5.74) is 4.77. The number of benzene rings is 1. The Bertz CT molecular complexity index is 806. The second-order valence-corrected chi connectivity index (χ2v) is 6.59. The lowest BCUT2D eigenvalue weighted by atomic mass is 9.84. The first-order valence-electron chi connectivity index (χ1n) is 7.96. The van der Waals surface area contributed by atoms with E-state index in [-0.39, 0.29) is 23.7 Å². The molecule has 0 amide bonds. The minimum Gasteiger partial charge on any atom is -0.490 e. The number of fused-ring (bicyclic) bond motifs is 1. The van der Waals surface area contributed by atoms with Crippen LogP contribution in [0.1, 0.15) is 24.1 Å². The molecule has 2 N–H and O–H groups in total. The van der Waals surface area contributed by atoms with Crippen LogP contribution in [0.25, 0.3) is 11.3 Å². The minimum absolute atomic E-state index is 0.0164. The summed E-state index contributed by atoms with van der Waals surface area (Å²) in [6.45, 7) is 0.0660. The van der Waals surface area contributed by atoms with Crippen LogP contribution in [0.3, 0.4) is 0 Å². The topological polar surface area (TPSA) is 48.1 Å². The van der Waals surface area contributed by atoms with Crippen molar-refractivity contribution >= 4 is 0 Å². The SMILES string of the molecule is CC1(CF)COc2c1cc(C(CN)C(F)(F)F)nc2-c1ccc(F)cc1. The monoisotopic (exact) mass is 372 g/mol. The van der Waals surface area contributed by atoms with Gasteiger partial charge in [-0.15, -0.1) is 0 Å². The molecule has 3 rings (SSSR count). The van der Waals surface area contributed by atoms with Gasteiger partial charge in [-0.1, -0.05) is 0 Å². The summed E-state index contributed by atoms with van der Waals surface area (Å²) in [5.74, 6) is -2.26. The third kappa shape index (κ3) is 3.13. The fraction of sp³-hybridized carbons (Fsp3) is 0.389. The molecule has 140 valence electrons. The fourth-order valence-corrected chi connectivity index (χ4v) is 2.97. The Kier molecular flexibility index (Phi) is 4.64. The van der Waals surface area contributed by atoms with E-state index < -0.39 is 36.5 Å². The Morgan fingerprint density at radius 1 is 1.27 bits per heavy atom. The van der Waals surface area contributed by atoms with Gasteiger partial charge >= 0.3 is 6.18 Å². The van der Waals surface area contributed by atoms with Crippen LogP contribution in [0, 0.1) is 5.82 Å². The highest BCUT2D eigenvalue weighted by atomic mass is 19.4. The van der Waals surface area contributed by atoms with Crippen molar-refractivity contribution in [2.45, 2.75) is 24.4 Å². The second-order valence-electron chi connectivity index (χ2n) is 6.59. The molecule has 0 saturated carbocycles. The highest BCUT2D eigenvalue weighted by Gasteiger charge is 2.44. The Morgan fingerprint density at radius 2 is 1.92 bits per heavy atom. The quantitative estimate of drug-likeness (QED) is 0.822. The number of rotatable bonds is 4. The lowest BCUT2D eigenvalue weighted by Gasteiger charge is -2.22. The van der Waals surface area contributed by atoms with E-state index in [1.54, 1.807) is 6.92 Å². The van der Waals surface area contributed by atoms with E-state index in [0.29, 0.717) is 11.1 Å². The Hall–Kier alpha value is -2.22. The van der Waals surface area contributed by atoms with Crippen LogP contribution in [0.5, 0.6) is 5.75 Å². The average molecular weight is 372 g/mol. The molecule has 26 heavy (non-hydrogen) atoms. The summed E-state index contributed by atoms with van der Waals surface area (Å²) >= 11 is 0. The third-order valence-electron chi connectivity index (χ3n) is 4.58. The summed E-state index contributed by atoms with van der Waals surface area (Å²) in [6.07, 6.45) is -4.60. The van der Waals surface area contributed by atoms with Crippen molar-refractivity contribution < 1.29 is 26.7 Å². The largest absolute Gasteiger partial charge is 0.490 e. The molecule has 1 aliphatic rings. The zero-order chi connectivity index (χ0) is 19.1. The fourth-order valence-electron chi connectivity index (χ4n) is 2.97. The van der Waals surface area contributed by atoms with Crippen LogP contribution in [0.2, 0.25) is 0 Å². The molecule has 0 bridgehead atoms. The number of ether oxygens (including phenoxy) is 1. The van der Waals surface area contributed by atoms with Gasteiger partial charge in [-0.25, -0.2) is 13.8 Å². The summed E-state index contributed by atoms with van der Waals surface area (Å²) in [6, 6.07) is 6.34. The van der Waals surface area contributed by atoms with Crippen LogP contribution < -0.4 is 10.5 Å². The van der Waals surface area contributed by atoms with Crippen molar-refractivity contribution in [2.24, 2.45) is 5.73 Å². The number of hydrogen-bond acceptors (Lipinski definition) is 3. The van der Waals surface area contributed by atoms with Crippen LogP contribution in [0.4, 0.5) is 22.0 Å². The number of halogens is 5. The van der Waals surface area contributed by atoms with Crippen molar-refractivity contribution in [1.29, 1.82) is 0 Å². The molecular formula is C18H17F5N2O. The molecule has 2 unspecified atom stereocenters. The molecule has 0 radical (unpaired) electrons. The van der Waals surface area contributed by atoms with Gasteiger partial charge in [-0.3, -0.25) is 0 Å². The van der Waals surface area contributed by atoms with Gasteiger partial charge in [0, 0.05) is 17.7 Å². The van der Waals surface area contributed by atoms with Gasteiger partial charge in [0.25, 0.3) is 0 Å². The molecule has 0 spiro atoms. The minimum atomic E-state index is -4.60. The average Bonchev–Trinajstić information content (AvgIpc) is 2.92. The zero-order valence-corrected chi connectivity index (χ0v) is 13.9. The molecule has 0 fully saturated rings. The number of alkyl halides is 4. The van der Waals surface area contributed by atoms with Gasteiger partial charge in [-0.2, -0.15) is 13.2 Å². The highest BCUT2D eigenvalue weighted by molar-refractivity contribution is 5.70. The van der Waals surface area contributed by atoms with E-state index in [1.165, 1.54) is 30.3 Å². The van der Waals surface area contributed by atoms with Gasteiger partial charge in [0.2, 0.25) is 0 Å². The highest BCUT2D eigenvalue weighted by Crippen LogP contribution is 2.46. The van der Waals surface area contributed by atoms with Gasteiger partial charge in [-0.05, 0) is 37.3 Å². The third-order valence-corrected chi connectivity index (χ3v) is 4.58. The van der Waals surface area contributed by atoms with Crippen molar-refractivity contribution in [3.63, 3.8) is 0 Å². The molecule has 8 heteroatoms. The van der Waals surface area contributed by atoms with E-state index in [1.807, 2.05) is 0 Å². The molecule has 2 atom stereocenters. The first kappa shape index (κ1) is 18.6. The molecule has 2 aromatic rings. The molecule has 2 heterocycles. The predicted molar refractivity (Wildman–Crippen MR) is 86.3 cm³/mol. The van der Waals surface area contributed by atoms with Crippen LogP contribution in [-0.2, 0) is 5.41 Å². The smallest absolute Gasteiger partial charge is 0.398 e. The summed E-state index contributed by atoms with van der Waals surface area (Å²) in [5, 5.41) is 0. The summed E-state index contributed by atoms with van der Waals surface area (Å²) in [7, 11) is 0. The first-order chi connectivity index (χ1) is 12.2. The molecular weight excluding hydrogens is 355 g/mol. The number of pyridine rings is 1. The van der Waals surface area contributed by atoms with Crippen molar-refractivity contribution in [3.8, 4) is 17.0 Å². The molecule has 1 aromatic carbocycles. The summed E-state index contributed by atoms with van der Waals surface area (Å²) in [4.78, 5) is 4.11. The van der Waals surface area contributed by atoms with Gasteiger partial charge in [0.15, 0.2) is 0 Å². The van der Waals surface area contributed by atoms with Crippen LogP contribution in [0.15, 0.2) is 30.3 Å². The van der Waals surface area contributed by atoms with Crippen molar-refractivity contribution in [3.05, 3.63) is 47.4 Å². The summed E-state index contributed by atoms with van der Waals surface area (Å²) < 4.78 is 72.4. The number of aromatic nitrogens is 1. The Balaban J connectivity index is 2.24. The maximum absolute atomic E-state index is 13.6. The molecule has 1 aliphatic heterocycles. The zero-order valence-electron chi connectivity index (χ0n) is 13.9. The van der Waals surface area contributed by atoms with Crippen LogP contribution in [-0.4, -0.2) is 31.0 Å². The van der Waals surface area contributed by atoms with Gasteiger partial charge in [0.1, 0.15) is 36.5 Å². The Morgan fingerprint density at radius 3 is 2.46 bits per heavy atom. The van der Waals surface area contributed by atoms with Gasteiger partial charge < -0.3 is 10.5 Å². The molecule has 3 nitrogen and oxygen atoms in total. The maximum Gasteiger partial charge on any atom is 0.398 e. The number of nitrogens with two attached hydrogens (primary N) is 1. The lowest BCUT2D eigenvalue weighted by molar-refractivity contribution is -0.148. The number of hydrogen-bond donors (Lipinski definition) is 1. The van der Waals surface area contributed by atoms with Crippen LogP contribution >= 0.6 is 0 Å². The van der Waals surface area contributed by atoms with E-state index in [4.69, 9.17) is 10.5 Å². The normalized spacial score (nSPS) is 20.6. The predicted octanol–water partition coefficient (Wildman–Crippen LogP) is 4.11. The Labute approximate surface area is 147 Å². The van der Waals surface area contributed by atoms with Crippen molar-refractivity contribution in [2.75, 3.05) is 19.8 Å². The first-order valence-corrected chi connectivity index (χ1v) is 7.96. The van der Waals surface area contributed by atoms with Crippen molar-refractivity contribution in [1.82, 2.24) is 4.98 Å².